The summed E-state index contributed by atoms with van der Waals surface area (Å²) in [6.45, 7) is 6.07. The number of pyridine rings is 1. The largest absolute Gasteiger partial charge is 0.289 e. The first kappa shape index (κ1) is 18.8. The number of carbonyl (C=O) groups is 1. The SMILES string of the molecule is Cc1cc(C)c(C(=O)c2ccc(-c3ccc(-c4ccccn4)cc3)cc2)c(C)c1. The van der Waals surface area contributed by atoms with Crippen LogP contribution < -0.4 is 0 Å². The number of aromatic nitrogens is 1. The van der Waals surface area contributed by atoms with Crippen molar-refractivity contribution in [2.75, 3.05) is 0 Å². The summed E-state index contributed by atoms with van der Waals surface area (Å²) in [5.41, 5.74) is 9.02. The lowest BCUT2D eigenvalue weighted by atomic mass is 9.92. The number of benzene rings is 3. The molecule has 4 aromatic rings. The summed E-state index contributed by atoms with van der Waals surface area (Å²) >= 11 is 0. The highest BCUT2D eigenvalue weighted by molar-refractivity contribution is 6.11. The fourth-order valence-electron chi connectivity index (χ4n) is 3.86. The predicted octanol–water partition coefficient (Wildman–Crippen LogP) is 6.57. The molecule has 0 fully saturated rings. The van der Waals surface area contributed by atoms with Crippen molar-refractivity contribution in [3.8, 4) is 22.4 Å². The first-order valence-electron chi connectivity index (χ1n) is 9.77. The molecule has 1 aromatic heterocycles. The molecule has 2 heteroatoms. The van der Waals surface area contributed by atoms with E-state index < -0.39 is 0 Å². The van der Waals surface area contributed by atoms with Crippen LogP contribution in [0, 0.1) is 20.8 Å². The lowest BCUT2D eigenvalue weighted by Gasteiger charge is -2.11. The van der Waals surface area contributed by atoms with Crippen LogP contribution in [0.4, 0.5) is 0 Å². The number of hydrogen-bond acceptors (Lipinski definition) is 2. The van der Waals surface area contributed by atoms with E-state index >= 15 is 0 Å². The smallest absolute Gasteiger partial charge is 0.193 e. The molecule has 0 saturated carbocycles. The van der Waals surface area contributed by atoms with E-state index in [0.717, 1.165) is 39.1 Å². The minimum atomic E-state index is 0.0806. The summed E-state index contributed by atoms with van der Waals surface area (Å²) in [6.07, 6.45) is 1.80. The van der Waals surface area contributed by atoms with E-state index in [0.29, 0.717) is 5.56 Å². The van der Waals surface area contributed by atoms with Crippen LogP contribution in [-0.2, 0) is 0 Å². The predicted molar refractivity (Wildman–Crippen MR) is 119 cm³/mol. The van der Waals surface area contributed by atoms with Gasteiger partial charge in [0.1, 0.15) is 0 Å². The Morgan fingerprint density at radius 3 is 1.79 bits per heavy atom. The van der Waals surface area contributed by atoms with Gasteiger partial charge >= 0.3 is 0 Å². The van der Waals surface area contributed by atoms with Crippen molar-refractivity contribution < 1.29 is 4.79 Å². The summed E-state index contributed by atoms with van der Waals surface area (Å²) < 4.78 is 0. The Labute approximate surface area is 171 Å². The van der Waals surface area contributed by atoms with E-state index in [4.69, 9.17) is 0 Å². The summed E-state index contributed by atoms with van der Waals surface area (Å²) in [5, 5.41) is 0. The van der Waals surface area contributed by atoms with Crippen LogP contribution in [-0.4, -0.2) is 10.8 Å². The van der Waals surface area contributed by atoms with E-state index in [1.54, 1.807) is 6.20 Å². The fourth-order valence-corrected chi connectivity index (χ4v) is 3.86. The normalized spacial score (nSPS) is 10.7. The second-order valence-electron chi connectivity index (χ2n) is 7.47. The first-order chi connectivity index (χ1) is 14.0. The third kappa shape index (κ3) is 3.88. The molecule has 0 bridgehead atoms. The van der Waals surface area contributed by atoms with Crippen molar-refractivity contribution in [2.45, 2.75) is 20.8 Å². The molecule has 0 aliphatic carbocycles. The zero-order chi connectivity index (χ0) is 20.4. The van der Waals surface area contributed by atoms with E-state index in [2.05, 4.69) is 48.3 Å². The molecule has 0 amide bonds. The fraction of sp³-hybridized carbons (Fsp3) is 0.111. The third-order valence-corrected chi connectivity index (χ3v) is 5.23. The summed E-state index contributed by atoms with van der Waals surface area (Å²) in [5.74, 6) is 0.0806. The van der Waals surface area contributed by atoms with Gasteiger partial charge in [-0.2, -0.15) is 0 Å². The zero-order valence-corrected chi connectivity index (χ0v) is 16.9. The molecule has 0 aliphatic rings. The van der Waals surface area contributed by atoms with Crippen LogP contribution in [0.15, 0.2) is 85.1 Å². The van der Waals surface area contributed by atoms with Gasteiger partial charge < -0.3 is 0 Å². The van der Waals surface area contributed by atoms with E-state index in [1.165, 1.54) is 5.56 Å². The maximum absolute atomic E-state index is 13.0. The zero-order valence-electron chi connectivity index (χ0n) is 16.9. The molecule has 0 spiro atoms. The lowest BCUT2D eigenvalue weighted by Crippen LogP contribution is -2.06. The monoisotopic (exact) mass is 377 g/mol. The van der Waals surface area contributed by atoms with Crippen LogP contribution in [0.2, 0.25) is 0 Å². The second-order valence-corrected chi connectivity index (χ2v) is 7.47. The minimum absolute atomic E-state index is 0.0806. The Kier molecular flexibility index (Phi) is 5.09. The van der Waals surface area contributed by atoms with Gasteiger partial charge in [0.25, 0.3) is 0 Å². The summed E-state index contributed by atoms with van der Waals surface area (Å²) in [6, 6.07) is 26.3. The van der Waals surface area contributed by atoms with Gasteiger partial charge in [-0.15, -0.1) is 0 Å². The van der Waals surface area contributed by atoms with E-state index in [-0.39, 0.29) is 5.78 Å². The molecular weight excluding hydrogens is 354 g/mol. The Morgan fingerprint density at radius 2 is 1.24 bits per heavy atom. The van der Waals surface area contributed by atoms with Crippen LogP contribution in [0.1, 0.15) is 32.6 Å². The maximum atomic E-state index is 13.0. The van der Waals surface area contributed by atoms with Gasteiger partial charge in [0.2, 0.25) is 0 Å². The Morgan fingerprint density at radius 1 is 0.690 bits per heavy atom. The van der Waals surface area contributed by atoms with Gasteiger partial charge in [-0.25, -0.2) is 0 Å². The molecule has 29 heavy (non-hydrogen) atoms. The average molecular weight is 377 g/mol. The molecule has 0 aliphatic heterocycles. The Hall–Kier alpha value is -3.52. The Bertz CT molecular complexity index is 1130. The summed E-state index contributed by atoms with van der Waals surface area (Å²) in [7, 11) is 0. The molecule has 2 nitrogen and oxygen atoms in total. The number of aryl methyl sites for hydroxylation is 3. The number of ketones is 1. The van der Waals surface area contributed by atoms with Crippen LogP contribution in [0.5, 0.6) is 0 Å². The maximum Gasteiger partial charge on any atom is 0.193 e. The minimum Gasteiger partial charge on any atom is -0.289 e. The molecule has 3 aromatic carbocycles. The third-order valence-electron chi connectivity index (χ3n) is 5.23. The first-order valence-corrected chi connectivity index (χ1v) is 9.77. The van der Waals surface area contributed by atoms with Gasteiger partial charge in [0.15, 0.2) is 5.78 Å². The van der Waals surface area contributed by atoms with Crippen LogP contribution in [0.3, 0.4) is 0 Å². The van der Waals surface area contributed by atoms with Gasteiger partial charge in [-0.05, 0) is 55.2 Å². The second kappa shape index (κ2) is 7.84. The Balaban J connectivity index is 1.59. The van der Waals surface area contributed by atoms with Crippen molar-refractivity contribution >= 4 is 5.78 Å². The lowest BCUT2D eigenvalue weighted by molar-refractivity contribution is 0.103. The molecule has 0 unspecified atom stereocenters. The van der Waals surface area contributed by atoms with Gasteiger partial charge in [-0.1, -0.05) is 72.3 Å². The molecule has 0 atom stereocenters. The molecular formula is C27H23NO. The number of carbonyl (C=O) groups excluding carboxylic acids is 1. The van der Waals surface area contributed by atoms with Crippen molar-refractivity contribution in [2.24, 2.45) is 0 Å². The highest BCUT2D eigenvalue weighted by atomic mass is 16.1. The van der Waals surface area contributed by atoms with E-state index in [9.17, 15) is 4.79 Å². The van der Waals surface area contributed by atoms with E-state index in [1.807, 2.05) is 56.3 Å². The average Bonchev–Trinajstić information content (AvgIpc) is 2.74. The quantitative estimate of drug-likeness (QED) is 0.376. The van der Waals surface area contributed by atoms with Crippen LogP contribution in [0.25, 0.3) is 22.4 Å². The number of nitrogens with zero attached hydrogens (tertiary/aromatic N) is 1. The summed E-state index contributed by atoms with van der Waals surface area (Å²) in [4.78, 5) is 17.4. The standard InChI is InChI=1S/C27H23NO/c1-18-16-19(2)26(20(3)17-18)27(29)24-13-9-22(10-14-24)21-7-11-23(12-8-21)25-6-4-5-15-28-25/h4-17H,1-3H3. The molecule has 4 rings (SSSR count). The number of hydrogen-bond donors (Lipinski definition) is 0. The highest BCUT2D eigenvalue weighted by Gasteiger charge is 2.15. The van der Waals surface area contributed by atoms with Crippen molar-refractivity contribution in [3.05, 3.63) is 113 Å². The van der Waals surface area contributed by atoms with Crippen LogP contribution >= 0.6 is 0 Å². The van der Waals surface area contributed by atoms with Crippen molar-refractivity contribution in [3.63, 3.8) is 0 Å². The molecule has 0 saturated heterocycles. The highest BCUT2D eigenvalue weighted by Crippen LogP contribution is 2.26. The van der Waals surface area contributed by atoms with Gasteiger partial charge in [-0.3, -0.25) is 9.78 Å². The molecule has 0 radical (unpaired) electrons. The van der Waals surface area contributed by atoms with Crippen molar-refractivity contribution in [1.29, 1.82) is 0 Å². The molecule has 1 heterocycles. The topological polar surface area (TPSA) is 30.0 Å². The van der Waals surface area contributed by atoms with Crippen molar-refractivity contribution in [1.82, 2.24) is 4.98 Å². The van der Waals surface area contributed by atoms with Gasteiger partial charge in [0, 0.05) is 22.9 Å². The number of rotatable bonds is 4. The molecule has 142 valence electrons. The molecule has 0 N–H and O–H groups in total. The van der Waals surface area contributed by atoms with Gasteiger partial charge in [0.05, 0.1) is 5.69 Å².